The van der Waals surface area contributed by atoms with Gasteiger partial charge in [-0.25, -0.2) is 0 Å². The number of ether oxygens (including phenoxy) is 2. The van der Waals surface area contributed by atoms with Gasteiger partial charge in [0.2, 0.25) is 0 Å². The number of carbonyl (C=O) groups excluding carboxylic acids is 3. The SMILES string of the molecule is CC(OC(=O)CNC(=O)COc1ccccc1)C(=O)Nc1cccc(C(F)(F)F)c1. The van der Waals surface area contributed by atoms with Crippen molar-refractivity contribution in [2.24, 2.45) is 0 Å². The average Bonchev–Trinajstić information content (AvgIpc) is 2.71. The van der Waals surface area contributed by atoms with Crippen molar-refractivity contribution < 1.29 is 37.0 Å². The predicted octanol–water partition coefficient (Wildman–Crippen LogP) is 2.77. The second-order valence-electron chi connectivity index (χ2n) is 6.08. The third-order valence-electron chi connectivity index (χ3n) is 3.68. The largest absolute Gasteiger partial charge is 0.484 e. The van der Waals surface area contributed by atoms with E-state index in [0.717, 1.165) is 18.2 Å². The van der Waals surface area contributed by atoms with E-state index in [4.69, 9.17) is 9.47 Å². The maximum absolute atomic E-state index is 12.7. The molecule has 0 aliphatic rings. The van der Waals surface area contributed by atoms with E-state index in [1.807, 2.05) is 0 Å². The number of hydrogen-bond donors (Lipinski definition) is 2. The second kappa shape index (κ2) is 10.3. The fourth-order valence-electron chi connectivity index (χ4n) is 2.20. The van der Waals surface area contributed by atoms with Gasteiger partial charge in [0.1, 0.15) is 12.3 Å². The van der Waals surface area contributed by atoms with Crippen molar-refractivity contribution >= 4 is 23.5 Å². The van der Waals surface area contributed by atoms with Crippen molar-refractivity contribution in [1.29, 1.82) is 0 Å². The molecular formula is C20H19F3N2O5. The summed E-state index contributed by atoms with van der Waals surface area (Å²) < 4.78 is 48.2. The van der Waals surface area contributed by atoms with Gasteiger partial charge in [-0.05, 0) is 37.3 Å². The average molecular weight is 424 g/mol. The van der Waals surface area contributed by atoms with Crippen LogP contribution in [0.4, 0.5) is 18.9 Å². The van der Waals surface area contributed by atoms with E-state index in [0.29, 0.717) is 5.75 Å². The van der Waals surface area contributed by atoms with Crippen molar-refractivity contribution in [2.75, 3.05) is 18.5 Å². The summed E-state index contributed by atoms with van der Waals surface area (Å²) in [5, 5.41) is 4.51. The molecule has 2 aromatic rings. The minimum Gasteiger partial charge on any atom is -0.484 e. The van der Waals surface area contributed by atoms with Gasteiger partial charge in [-0.3, -0.25) is 14.4 Å². The molecule has 0 spiro atoms. The van der Waals surface area contributed by atoms with E-state index in [9.17, 15) is 27.6 Å². The van der Waals surface area contributed by atoms with Crippen LogP contribution < -0.4 is 15.4 Å². The highest BCUT2D eigenvalue weighted by Crippen LogP contribution is 2.30. The summed E-state index contributed by atoms with van der Waals surface area (Å²) in [6.45, 7) is 0.433. The van der Waals surface area contributed by atoms with E-state index in [2.05, 4.69) is 10.6 Å². The summed E-state index contributed by atoms with van der Waals surface area (Å²) in [6, 6.07) is 12.6. The Morgan fingerprint density at radius 1 is 1.03 bits per heavy atom. The number of hydrogen-bond acceptors (Lipinski definition) is 5. The van der Waals surface area contributed by atoms with Crippen molar-refractivity contribution in [3.63, 3.8) is 0 Å². The first-order valence-corrected chi connectivity index (χ1v) is 8.77. The molecule has 1 unspecified atom stereocenters. The third-order valence-corrected chi connectivity index (χ3v) is 3.68. The number of alkyl halides is 3. The fourth-order valence-corrected chi connectivity index (χ4v) is 2.20. The molecule has 2 aromatic carbocycles. The van der Waals surface area contributed by atoms with Gasteiger partial charge in [0, 0.05) is 5.69 Å². The first-order chi connectivity index (χ1) is 14.1. The van der Waals surface area contributed by atoms with Crippen LogP contribution in [-0.2, 0) is 25.3 Å². The number of anilines is 1. The standard InChI is InChI=1S/C20H19F3N2O5/c1-13(19(28)25-15-7-5-6-14(10-15)20(21,22)23)30-18(27)11-24-17(26)12-29-16-8-3-2-4-9-16/h2-10,13H,11-12H2,1H3,(H,24,26)(H,25,28). The lowest BCUT2D eigenvalue weighted by Gasteiger charge is -2.15. The van der Waals surface area contributed by atoms with Gasteiger partial charge in [-0.1, -0.05) is 24.3 Å². The van der Waals surface area contributed by atoms with E-state index in [-0.39, 0.29) is 12.3 Å². The van der Waals surface area contributed by atoms with Crippen LogP contribution in [0.25, 0.3) is 0 Å². The lowest BCUT2D eigenvalue weighted by molar-refractivity contribution is -0.152. The number of halogens is 3. The number of nitrogens with one attached hydrogen (secondary N) is 2. The molecule has 0 heterocycles. The lowest BCUT2D eigenvalue weighted by Crippen LogP contribution is -2.37. The van der Waals surface area contributed by atoms with Gasteiger partial charge >= 0.3 is 12.1 Å². The number of para-hydroxylation sites is 1. The molecule has 0 fully saturated rings. The van der Waals surface area contributed by atoms with Gasteiger partial charge in [0.15, 0.2) is 12.7 Å². The first-order valence-electron chi connectivity index (χ1n) is 8.77. The number of carbonyl (C=O) groups is 3. The molecule has 0 saturated heterocycles. The van der Waals surface area contributed by atoms with Crippen LogP contribution in [-0.4, -0.2) is 37.0 Å². The summed E-state index contributed by atoms with van der Waals surface area (Å²) >= 11 is 0. The molecule has 7 nitrogen and oxygen atoms in total. The van der Waals surface area contributed by atoms with Crippen LogP contribution in [0.15, 0.2) is 54.6 Å². The van der Waals surface area contributed by atoms with Gasteiger partial charge in [0.25, 0.3) is 11.8 Å². The molecule has 160 valence electrons. The van der Waals surface area contributed by atoms with E-state index >= 15 is 0 Å². The Hall–Kier alpha value is -3.56. The number of rotatable bonds is 8. The van der Waals surface area contributed by atoms with Crippen LogP contribution in [0.3, 0.4) is 0 Å². The highest BCUT2D eigenvalue weighted by Gasteiger charge is 2.30. The zero-order valence-electron chi connectivity index (χ0n) is 15.9. The van der Waals surface area contributed by atoms with Crippen molar-refractivity contribution in [2.45, 2.75) is 19.2 Å². The van der Waals surface area contributed by atoms with Crippen molar-refractivity contribution in [3.8, 4) is 5.75 Å². The minimum absolute atomic E-state index is 0.0934. The highest BCUT2D eigenvalue weighted by atomic mass is 19.4. The Labute approximate surface area is 170 Å². The lowest BCUT2D eigenvalue weighted by atomic mass is 10.2. The fraction of sp³-hybridized carbons (Fsp3) is 0.250. The molecule has 2 amide bonds. The quantitative estimate of drug-likeness (QED) is 0.636. The molecule has 2 rings (SSSR count). The van der Waals surface area contributed by atoms with Gasteiger partial charge in [-0.15, -0.1) is 0 Å². The Morgan fingerprint density at radius 3 is 2.40 bits per heavy atom. The van der Waals surface area contributed by atoms with Crippen LogP contribution in [0, 0.1) is 0 Å². The number of amides is 2. The molecule has 10 heteroatoms. The zero-order valence-corrected chi connectivity index (χ0v) is 15.9. The molecule has 0 aromatic heterocycles. The molecule has 0 radical (unpaired) electrons. The molecule has 0 aliphatic heterocycles. The summed E-state index contributed by atoms with van der Waals surface area (Å²) in [5.41, 5.74) is -1.02. The first kappa shape index (κ1) is 22.7. The molecule has 2 N–H and O–H groups in total. The van der Waals surface area contributed by atoms with Crippen LogP contribution in [0.5, 0.6) is 5.75 Å². The van der Waals surface area contributed by atoms with Gasteiger partial charge in [0.05, 0.1) is 5.56 Å². The minimum atomic E-state index is -4.55. The molecular weight excluding hydrogens is 405 g/mol. The molecule has 30 heavy (non-hydrogen) atoms. The number of esters is 1. The maximum atomic E-state index is 12.7. The van der Waals surface area contributed by atoms with Crippen LogP contribution in [0.2, 0.25) is 0 Å². The Balaban J connectivity index is 1.75. The number of benzene rings is 2. The molecule has 0 aliphatic carbocycles. The monoisotopic (exact) mass is 424 g/mol. The van der Waals surface area contributed by atoms with Gasteiger partial charge in [-0.2, -0.15) is 13.2 Å². The summed E-state index contributed by atoms with van der Waals surface area (Å²) in [4.78, 5) is 35.5. The maximum Gasteiger partial charge on any atom is 0.416 e. The van der Waals surface area contributed by atoms with E-state index in [1.165, 1.54) is 13.0 Å². The van der Waals surface area contributed by atoms with Crippen molar-refractivity contribution in [1.82, 2.24) is 5.32 Å². The van der Waals surface area contributed by atoms with Crippen LogP contribution >= 0.6 is 0 Å². The third kappa shape index (κ3) is 7.46. The topological polar surface area (TPSA) is 93.7 Å². The van der Waals surface area contributed by atoms with E-state index < -0.39 is 42.2 Å². The normalized spacial score (nSPS) is 11.9. The smallest absolute Gasteiger partial charge is 0.416 e. The summed E-state index contributed by atoms with van der Waals surface area (Å²) in [7, 11) is 0. The summed E-state index contributed by atoms with van der Waals surface area (Å²) in [5.74, 6) is -1.80. The Morgan fingerprint density at radius 2 is 1.73 bits per heavy atom. The molecule has 1 atom stereocenters. The molecule has 0 saturated carbocycles. The van der Waals surface area contributed by atoms with Crippen LogP contribution in [0.1, 0.15) is 12.5 Å². The zero-order chi connectivity index (χ0) is 22.1. The molecule has 0 bridgehead atoms. The summed E-state index contributed by atoms with van der Waals surface area (Å²) in [6.07, 6.45) is -5.84. The highest BCUT2D eigenvalue weighted by molar-refractivity contribution is 5.95. The predicted molar refractivity (Wildman–Crippen MR) is 101 cm³/mol. The van der Waals surface area contributed by atoms with E-state index in [1.54, 1.807) is 30.3 Å². The second-order valence-corrected chi connectivity index (χ2v) is 6.08. The Bertz CT molecular complexity index is 888. The Kier molecular flexibility index (Phi) is 7.79. The van der Waals surface area contributed by atoms with Gasteiger partial charge < -0.3 is 20.1 Å². The van der Waals surface area contributed by atoms with Crippen molar-refractivity contribution in [3.05, 3.63) is 60.2 Å².